The summed E-state index contributed by atoms with van der Waals surface area (Å²) in [5, 5.41) is 3.82. The number of benzene rings is 2. The molecule has 0 spiro atoms. The molecule has 0 heterocycles. The Bertz CT molecular complexity index is 833. The normalized spacial score (nSPS) is 11.7. The quantitative estimate of drug-likeness (QED) is 0.471. The summed E-state index contributed by atoms with van der Waals surface area (Å²) in [4.78, 5) is 27.5. The Hall–Kier alpha value is -1.69. The third kappa shape index (κ3) is 7.53. The zero-order chi connectivity index (χ0) is 21.9. The number of nitrogens with one attached hydrogen (secondary N) is 1. The van der Waals surface area contributed by atoms with Gasteiger partial charge in [-0.25, -0.2) is 0 Å². The number of nitrogens with zero attached hydrogens (tertiary/aromatic N) is 1. The summed E-state index contributed by atoms with van der Waals surface area (Å²) in [6, 6.07) is 14.8. The van der Waals surface area contributed by atoms with Gasteiger partial charge in [0.2, 0.25) is 11.8 Å². The maximum Gasteiger partial charge on any atom is 0.242 e. The second-order valence-corrected chi connectivity index (χ2v) is 8.76. The van der Waals surface area contributed by atoms with Gasteiger partial charge >= 0.3 is 0 Å². The van der Waals surface area contributed by atoms with E-state index in [9.17, 15) is 9.59 Å². The van der Waals surface area contributed by atoms with Crippen molar-refractivity contribution < 1.29 is 9.59 Å². The first kappa shape index (κ1) is 24.6. The molecule has 1 atom stereocenters. The Kier molecular flexibility index (Phi) is 10.6. The summed E-state index contributed by atoms with van der Waals surface area (Å²) in [5.74, 6) is 0.848. The molecule has 0 fully saturated rings. The summed E-state index contributed by atoms with van der Waals surface area (Å²) in [6.07, 6.45) is 1.38. The first-order chi connectivity index (χ1) is 14.5. The van der Waals surface area contributed by atoms with Crippen molar-refractivity contribution in [2.24, 2.45) is 0 Å². The average molecular weight is 467 g/mol. The Labute approximate surface area is 193 Å². The van der Waals surface area contributed by atoms with Crippen molar-refractivity contribution in [3.8, 4) is 0 Å². The molecule has 0 aromatic heterocycles. The van der Waals surface area contributed by atoms with Gasteiger partial charge in [-0.3, -0.25) is 9.59 Å². The average Bonchev–Trinajstić information content (AvgIpc) is 2.75. The first-order valence-corrected chi connectivity index (χ1v) is 12.0. The third-order valence-corrected chi connectivity index (χ3v) is 6.34. The smallest absolute Gasteiger partial charge is 0.242 e. The van der Waals surface area contributed by atoms with Crippen LogP contribution in [0.1, 0.15) is 37.8 Å². The third-order valence-electron chi connectivity index (χ3n) is 4.61. The van der Waals surface area contributed by atoms with E-state index in [0.717, 1.165) is 17.7 Å². The van der Waals surface area contributed by atoms with E-state index >= 15 is 0 Å². The standard InChI is InChI=1S/C23H28Cl2N2O2S/c1-3-12-26-23(29)21(4-2)27(14-18-10-11-19(24)20(25)13-18)22(28)16-30-15-17-8-6-5-7-9-17/h5-11,13,21H,3-4,12,14-16H2,1-2H3,(H,26,29)/t21-/m1/s1. The number of amides is 2. The molecule has 2 rings (SSSR count). The maximum absolute atomic E-state index is 13.1. The lowest BCUT2D eigenvalue weighted by molar-refractivity contribution is -0.139. The number of thioether (sulfide) groups is 1. The van der Waals surface area contributed by atoms with Gasteiger partial charge in [0.05, 0.1) is 15.8 Å². The summed E-state index contributed by atoms with van der Waals surface area (Å²) >= 11 is 13.7. The van der Waals surface area contributed by atoms with E-state index in [4.69, 9.17) is 23.2 Å². The predicted octanol–water partition coefficient (Wildman–Crippen LogP) is 5.56. The van der Waals surface area contributed by atoms with Gasteiger partial charge in [0.1, 0.15) is 6.04 Å². The molecule has 0 saturated heterocycles. The molecule has 162 valence electrons. The fourth-order valence-corrected chi connectivity index (χ4v) is 4.22. The van der Waals surface area contributed by atoms with Crippen molar-refractivity contribution in [3.05, 3.63) is 69.7 Å². The molecule has 0 unspecified atom stereocenters. The number of hydrogen-bond donors (Lipinski definition) is 1. The van der Waals surface area contributed by atoms with Crippen LogP contribution in [0, 0.1) is 0 Å². The molecule has 0 aliphatic carbocycles. The Morgan fingerprint density at radius 2 is 1.77 bits per heavy atom. The predicted molar refractivity (Wildman–Crippen MR) is 127 cm³/mol. The summed E-state index contributed by atoms with van der Waals surface area (Å²) in [7, 11) is 0. The molecule has 1 N–H and O–H groups in total. The van der Waals surface area contributed by atoms with Crippen molar-refractivity contribution in [2.45, 2.75) is 45.0 Å². The molecule has 0 bridgehead atoms. The van der Waals surface area contributed by atoms with E-state index in [2.05, 4.69) is 5.32 Å². The molecule has 0 saturated carbocycles. The fraction of sp³-hybridized carbons (Fsp3) is 0.391. The minimum Gasteiger partial charge on any atom is -0.354 e. The van der Waals surface area contributed by atoms with Crippen LogP contribution < -0.4 is 5.32 Å². The van der Waals surface area contributed by atoms with E-state index < -0.39 is 6.04 Å². The molecule has 7 heteroatoms. The molecular formula is C23H28Cl2N2O2S. The van der Waals surface area contributed by atoms with Crippen molar-refractivity contribution in [2.75, 3.05) is 12.3 Å². The summed E-state index contributed by atoms with van der Waals surface area (Å²) in [6.45, 7) is 4.81. The van der Waals surface area contributed by atoms with Crippen LogP contribution in [0.3, 0.4) is 0 Å². The first-order valence-electron chi connectivity index (χ1n) is 10.1. The van der Waals surface area contributed by atoms with E-state index in [1.807, 2.05) is 50.2 Å². The summed E-state index contributed by atoms with van der Waals surface area (Å²) in [5.41, 5.74) is 2.01. The fourth-order valence-electron chi connectivity index (χ4n) is 3.03. The van der Waals surface area contributed by atoms with E-state index in [-0.39, 0.29) is 11.8 Å². The van der Waals surface area contributed by atoms with Crippen molar-refractivity contribution in [1.29, 1.82) is 0 Å². The minimum atomic E-state index is -0.532. The minimum absolute atomic E-state index is 0.0690. The molecule has 2 amide bonds. The number of rotatable bonds is 11. The van der Waals surface area contributed by atoms with Crippen LogP contribution in [-0.4, -0.2) is 35.1 Å². The van der Waals surface area contributed by atoms with E-state index in [0.29, 0.717) is 35.3 Å². The highest BCUT2D eigenvalue weighted by atomic mass is 35.5. The van der Waals surface area contributed by atoms with Gasteiger partial charge in [-0.2, -0.15) is 0 Å². The zero-order valence-corrected chi connectivity index (χ0v) is 19.7. The highest BCUT2D eigenvalue weighted by Crippen LogP contribution is 2.24. The lowest BCUT2D eigenvalue weighted by atomic mass is 10.1. The maximum atomic E-state index is 13.1. The monoisotopic (exact) mass is 466 g/mol. The molecule has 4 nitrogen and oxygen atoms in total. The lowest BCUT2D eigenvalue weighted by Gasteiger charge is -2.30. The second kappa shape index (κ2) is 12.9. The zero-order valence-electron chi connectivity index (χ0n) is 17.4. The number of carbonyl (C=O) groups excluding carboxylic acids is 2. The molecule has 2 aromatic carbocycles. The topological polar surface area (TPSA) is 49.4 Å². The Balaban J connectivity index is 2.14. The van der Waals surface area contributed by atoms with Gasteiger partial charge in [0.15, 0.2) is 0 Å². The van der Waals surface area contributed by atoms with Crippen LogP contribution in [-0.2, 0) is 21.9 Å². The van der Waals surface area contributed by atoms with Crippen LogP contribution in [0.5, 0.6) is 0 Å². The van der Waals surface area contributed by atoms with Crippen LogP contribution in [0.25, 0.3) is 0 Å². The molecule has 0 aliphatic heterocycles. The van der Waals surface area contributed by atoms with E-state index in [1.165, 1.54) is 5.56 Å². The van der Waals surface area contributed by atoms with Crippen LogP contribution >= 0.6 is 35.0 Å². The van der Waals surface area contributed by atoms with E-state index in [1.54, 1.807) is 28.8 Å². The van der Waals surface area contributed by atoms with Crippen LogP contribution in [0.2, 0.25) is 10.0 Å². The largest absolute Gasteiger partial charge is 0.354 e. The van der Waals surface area contributed by atoms with Gasteiger partial charge in [0, 0.05) is 18.8 Å². The number of carbonyl (C=O) groups is 2. The van der Waals surface area contributed by atoms with Crippen molar-refractivity contribution in [1.82, 2.24) is 10.2 Å². The van der Waals surface area contributed by atoms with Gasteiger partial charge in [-0.05, 0) is 36.1 Å². The van der Waals surface area contributed by atoms with Crippen LogP contribution in [0.15, 0.2) is 48.5 Å². The molecule has 2 aromatic rings. The van der Waals surface area contributed by atoms with Crippen LogP contribution in [0.4, 0.5) is 0 Å². The highest BCUT2D eigenvalue weighted by molar-refractivity contribution is 7.99. The van der Waals surface area contributed by atoms with Gasteiger partial charge in [-0.1, -0.05) is 73.4 Å². The highest BCUT2D eigenvalue weighted by Gasteiger charge is 2.28. The number of hydrogen-bond acceptors (Lipinski definition) is 3. The van der Waals surface area contributed by atoms with Gasteiger partial charge in [0.25, 0.3) is 0 Å². The summed E-state index contributed by atoms with van der Waals surface area (Å²) < 4.78 is 0. The SMILES string of the molecule is CCCNC(=O)[C@@H](CC)N(Cc1ccc(Cl)c(Cl)c1)C(=O)CSCc1ccccc1. The van der Waals surface area contributed by atoms with Crippen molar-refractivity contribution >= 4 is 46.8 Å². The molecule has 0 aliphatic rings. The Morgan fingerprint density at radius 1 is 1.03 bits per heavy atom. The van der Waals surface area contributed by atoms with Crippen molar-refractivity contribution in [3.63, 3.8) is 0 Å². The lowest BCUT2D eigenvalue weighted by Crippen LogP contribution is -2.49. The number of halogens is 2. The second-order valence-electron chi connectivity index (χ2n) is 6.96. The van der Waals surface area contributed by atoms with Gasteiger partial charge in [-0.15, -0.1) is 11.8 Å². The molecular weight excluding hydrogens is 439 g/mol. The van der Waals surface area contributed by atoms with Gasteiger partial charge < -0.3 is 10.2 Å². The molecule has 30 heavy (non-hydrogen) atoms. The molecule has 0 radical (unpaired) electrons. The Morgan fingerprint density at radius 3 is 2.40 bits per heavy atom.